The first-order valence-corrected chi connectivity index (χ1v) is 6.58. The topological polar surface area (TPSA) is 118 Å². The normalized spacial score (nSPS) is 44.7. The van der Waals surface area contributed by atoms with E-state index in [1.54, 1.807) is 13.8 Å². The van der Waals surface area contributed by atoms with Gasteiger partial charge in [-0.3, -0.25) is 0 Å². The molecule has 2 aliphatic rings. The maximum Gasteiger partial charge on any atom is 0.186 e. The van der Waals surface area contributed by atoms with E-state index < -0.39 is 43.1 Å². The van der Waals surface area contributed by atoms with Gasteiger partial charge in [-0.25, -0.2) is 0 Å². The highest BCUT2D eigenvalue weighted by atomic mass is 16.8. The number of aliphatic hydroxyl groups excluding tert-OH is 4. The van der Waals surface area contributed by atoms with Crippen LogP contribution in [-0.4, -0.2) is 82.8 Å². The third kappa shape index (κ3) is 3.46. The molecule has 0 aromatic heterocycles. The molecule has 2 saturated heterocycles. The van der Waals surface area contributed by atoms with Crippen LogP contribution in [0.3, 0.4) is 0 Å². The average molecular weight is 294 g/mol. The summed E-state index contributed by atoms with van der Waals surface area (Å²) < 4.78 is 21.5. The molecule has 0 saturated carbocycles. The molecule has 118 valence electrons. The highest BCUT2D eigenvalue weighted by Gasteiger charge is 2.44. The van der Waals surface area contributed by atoms with Gasteiger partial charge in [0.25, 0.3) is 0 Å². The lowest BCUT2D eigenvalue weighted by Gasteiger charge is -2.39. The fraction of sp³-hybridized carbons (Fsp3) is 1.00. The van der Waals surface area contributed by atoms with Crippen LogP contribution in [0.25, 0.3) is 0 Å². The van der Waals surface area contributed by atoms with E-state index in [1.165, 1.54) is 0 Å². The molecule has 20 heavy (non-hydrogen) atoms. The van der Waals surface area contributed by atoms with Gasteiger partial charge in [0.2, 0.25) is 0 Å². The molecule has 0 radical (unpaired) electrons. The van der Waals surface area contributed by atoms with Gasteiger partial charge in [0, 0.05) is 0 Å². The van der Waals surface area contributed by atoms with Crippen LogP contribution in [0.5, 0.6) is 0 Å². The molecular formula is C12H22O8. The third-order valence-corrected chi connectivity index (χ3v) is 3.36. The minimum atomic E-state index is -1.44. The molecule has 2 rings (SSSR count). The van der Waals surface area contributed by atoms with Crippen LogP contribution >= 0.6 is 0 Å². The molecule has 2 heterocycles. The highest BCUT2D eigenvalue weighted by molar-refractivity contribution is 4.89. The Labute approximate surface area is 116 Å². The summed E-state index contributed by atoms with van der Waals surface area (Å²) in [6.45, 7) is 3.53. The van der Waals surface area contributed by atoms with Crippen LogP contribution in [0.2, 0.25) is 0 Å². The second kappa shape index (κ2) is 6.20. The van der Waals surface area contributed by atoms with E-state index in [0.29, 0.717) is 6.61 Å². The molecule has 8 nitrogen and oxygen atoms in total. The standard InChI is InChI=1S/C12H22O8/c1-12(2)18-5-6(20-12)4-17-11-10(16)9(15)8(14)7(3-13)19-11/h6-11,13-16H,3-5H2,1-2H3/t6?,7?,8-,9+,10-,11-/m1/s1. The van der Waals surface area contributed by atoms with Gasteiger partial charge in [-0.05, 0) is 13.8 Å². The summed E-state index contributed by atoms with van der Waals surface area (Å²) in [6, 6.07) is 0. The van der Waals surface area contributed by atoms with Crippen LogP contribution in [0.15, 0.2) is 0 Å². The maximum absolute atomic E-state index is 9.78. The molecule has 2 aliphatic heterocycles. The van der Waals surface area contributed by atoms with Crippen molar-refractivity contribution in [3.8, 4) is 0 Å². The lowest BCUT2D eigenvalue weighted by Crippen LogP contribution is -2.59. The van der Waals surface area contributed by atoms with E-state index >= 15 is 0 Å². The van der Waals surface area contributed by atoms with Crippen molar-refractivity contribution in [3.63, 3.8) is 0 Å². The molecule has 0 aromatic carbocycles. The molecule has 2 fully saturated rings. The predicted molar refractivity (Wildman–Crippen MR) is 64.6 cm³/mol. The lowest BCUT2D eigenvalue weighted by molar-refractivity contribution is -0.305. The maximum atomic E-state index is 9.78. The van der Waals surface area contributed by atoms with Gasteiger partial charge in [0.05, 0.1) is 19.8 Å². The Morgan fingerprint density at radius 2 is 1.85 bits per heavy atom. The fourth-order valence-corrected chi connectivity index (χ4v) is 2.25. The predicted octanol–water partition coefficient (Wildman–Crippen LogP) is -2.05. The Morgan fingerprint density at radius 3 is 2.40 bits per heavy atom. The zero-order valence-corrected chi connectivity index (χ0v) is 11.5. The largest absolute Gasteiger partial charge is 0.394 e. The Balaban J connectivity index is 1.86. The molecule has 4 N–H and O–H groups in total. The fourth-order valence-electron chi connectivity index (χ4n) is 2.25. The monoisotopic (exact) mass is 294 g/mol. The van der Waals surface area contributed by atoms with E-state index in [9.17, 15) is 15.3 Å². The van der Waals surface area contributed by atoms with Crippen molar-refractivity contribution in [1.82, 2.24) is 0 Å². The second-order valence-corrected chi connectivity index (χ2v) is 5.48. The molecular weight excluding hydrogens is 272 g/mol. The molecule has 0 aromatic rings. The van der Waals surface area contributed by atoms with Gasteiger partial charge in [-0.1, -0.05) is 0 Å². The van der Waals surface area contributed by atoms with Crippen molar-refractivity contribution in [2.75, 3.05) is 19.8 Å². The third-order valence-electron chi connectivity index (χ3n) is 3.36. The Kier molecular flexibility index (Phi) is 4.98. The van der Waals surface area contributed by atoms with Crippen molar-refractivity contribution < 1.29 is 39.4 Å². The lowest BCUT2D eigenvalue weighted by atomic mass is 9.99. The summed E-state index contributed by atoms with van der Waals surface area (Å²) in [5.41, 5.74) is 0. The van der Waals surface area contributed by atoms with Crippen LogP contribution < -0.4 is 0 Å². The first kappa shape index (κ1) is 16.1. The van der Waals surface area contributed by atoms with Crippen molar-refractivity contribution >= 4 is 0 Å². The minimum absolute atomic E-state index is 0.103. The van der Waals surface area contributed by atoms with Gasteiger partial charge < -0.3 is 39.4 Å². The molecule has 0 amide bonds. The van der Waals surface area contributed by atoms with Crippen LogP contribution in [0.1, 0.15) is 13.8 Å². The van der Waals surface area contributed by atoms with E-state index in [0.717, 1.165) is 0 Å². The summed E-state index contributed by atoms with van der Waals surface area (Å²) >= 11 is 0. The molecule has 0 bridgehead atoms. The van der Waals surface area contributed by atoms with Crippen molar-refractivity contribution in [3.05, 3.63) is 0 Å². The number of hydrogen-bond donors (Lipinski definition) is 4. The van der Waals surface area contributed by atoms with Crippen LogP contribution in [0, 0.1) is 0 Å². The zero-order chi connectivity index (χ0) is 14.9. The quantitative estimate of drug-likeness (QED) is 0.468. The summed E-state index contributed by atoms with van der Waals surface area (Å²) in [6.07, 6.45) is -6.66. The average Bonchev–Trinajstić information content (AvgIpc) is 2.75. The van der Waals surface area contributed by atoms with Gasteiger partial charge in [-0.2, -0.15) is 0 Å². The summed E-state index contributed by atoms with van der Waals surface area (Å²) in [5, 5.41) is 38.1. The smallest absolute Gasteiger partial charge is 0.186 e. The van der Waals surface area contributed by atoms with Crippen molar-refractivity contribution in [2.45, 2.75) is 56.4 Å². The van der Waals surface area contributed by atoms with E-state index in [2.05, 4.69) is 0 Å². The SMILES string of the molecule is CC1(C)OCC(CO[C@@H]2OC(CO)[C@@H](O)[C@H](O)[C@H]2O)O1. The van der Waals surface area contributed by atoms with Crippen LogP contribution in [-0.2, 0) is 18.9 Å². The second-order valence-electron chi connectivity index (χ2n) is 5.48. The number of rotatable bonds is 4. The summed E-state index contributed by atoms with van der Waals surface area (Å²) in [7, 11) is 0. The van der Waals surface area contributed by atoms with Crippen LogP contribution in [0.4, 0.5) is 0 Å². The number of aliphatic hydroxyl groups is 4. The van der Waals surface area contributed by atoms with E-state index in [1.807, 2.05) is 0 Å². The highest BCUT2D eigenvalue weighted by Crippen LogP contribution is 2.25. The minimum Gasteiger partial charge on any atom is -0.394 e. The number of ether oxygens (including phenoxy) is 4. The van der Waals surface area contributed by atoms with Gasteiger partial charge >= 0.3 is 0 Å². The Bertz CT molecular complexity index is 321. The van der Waals surface area contributed by atoms with Gasteiger partial charge in [-0.15, -0.1) is 0 Å². The molecule has 0 spiro atoms. The van der Waals surface area contributed by atoms with Crippen molar-refractivity contribution in [2.24, 2.45) is 0 Å². The van der Waals surface area contributed by atoms with Gasteiger partial charge in [0.1, 0.15) is 30.5 Å². The van der Waals surface area contributed by atoms with E-state index in [4.69, 9.17) is 24.1 Å². The molecule has 8 heteroatoms. The summed E-state index contributed by atoms with van der Waals surface area (Å²) in [5.74, 6) is -0.677. The Hall–Kier alpha value is -0.320. The number of hydrogen-bond acceptors (Lipinski definition) is 8. The summed E-state index contributed by atoms with van der Waals surface area (Å²) in [4.78, 5) is 0. The van der Waals surface area contributed by atoms with E-state index in [-0.39, 0.29) is 12.7 Å². The molecule has 0 aliphatic carbocycles. The first-order chi connectivity index (χ1) is 9.34. The first-order valence-electron chi connectivity index (χ1n) is 6.58. The molecule has 2 unspecified atom stereocenters. The zero-order valence-electron chi connectivity index (χ0n) is 11.5. The Morgan fingerprint density at radius 1 is 1.15 bits per heavy atom. The van der Waals surface area contributed by atoms with Gasteiger partial charge in [0.15, 0.2) is 12.1 Å². The van der Waals surface area contributed by atoms with Crippen molar-refractivity contribution in [1.29, 1.82) is 0 Å². The molecule has 6 atom stereocenters.